The molecule has 1 aliphatic carbocycles. The summed E-state index contributed by atoms with van der Waals surface area (Å²) in [5.41, 5.74) is 1.84. The number of nitrogens with one attached hydrogen (secondary N) is 1. The zero-order valence-electron chi connectivity index (χ0n) is 14.6. The zero-order valence-corrected chi connectivity index (χ0v) is 14.6. The van der Waals surface area contributed by atoms with Crippen molar-refractivity contribution < 1.29 is 9.53 Å². The van der Waals surface area contributed by atoms with Crippen molar-refractivity contribution in [1.82, 2.24) is 14.9 Å². The first-order chi connectivity index (χ1) is 12.3. The van der Waals surface area contributed by atoms with Crippen LogP contribution in [-0.4, -0.2) is 29.1 Å². The minimum absolute atomic E-state index is 0.0387. The third kappa shape index (κ3) is 4.72. The number of hydrogen-bond acceptors (Lipinski definition) is 3. The lowest BCUT2D eigenvalue weighted by Crippen LogP contribution is -2.28. The lowest BCUT2D eigenvalue weighted by molar-refractivity contribution is -0.116. The predicted molar refractivity (Wildman–Crippen MR) is 98.7 cm³/mol. The normalized spacial score (nSPS) is 15.4. The van der Waals surface area contributed by atoms with E-state index in [1.807, 2.05) is 35.0 Å². The first-order valence-corrected chi connectivity index (χ1v) is 8.88. The van der Waals surface area contributed by atoms with E-state index in [4.69, 9.17) is 4.74 Å². The van der Waals surface area contributed by atoms with Crippen LogP contribution in [0.5, 0.6) is 5.75 Å². The molecule has 1 amide bonds. The van der Waals surface area contributed by atoms with Gasteiger partial charge in [-0.3, -0.25) is 4.79 Å². The van der Waals surface area contributed by atoms with Crippen LogP contribution in [0.15, 0.2) is 43.0 Å². The van der Waals surface area contributed by atoms with Gasteiger partial charge in [0.1, 0.15) is 5.75 Å². The molecule has 0 atom stereocenters. The highest BCUT2D eigenvalue weighted by Gasteiger charge is 2.13. The Labute approximate surface area is 148 Å². The molecule has 132 valence electrons. The minimum atomic E-state index is -0.0387. The molecular formula is C20H25N3O2. The Morgan fingerprint density at radius 1 is 1.36 bits per heavy atom. The molecule has 1 aromatic heterocycles. The van der Waals surface area contributed by atoms with Gasteiger partial charge < -0.3 is 14.6 Å². The van der Waals surface area contributed by atoms with Crippen molar-refractivity contribution in [2.24, 2.45) is 5.92 Å². The lowest BCUT2D eigenvalue weighted by Gasteiger charge is -2.21. The van der Waals surface area contributed by atoms with Crippen LogP contribution in [0.2, 0.25) is 0 Å². The summed E-state index contributed by atoms with van der Waals surface area (Å²) >= 11 is 0. The van der Waals surface area contributed by atoms with E-state index in [2.05, 4.69) is 10.3 Å². The fourth-order valence-electron chi connectivity index (χ4n) is 3.28. The molecule has 1 aromatic carbocycles. The third-order valence-electron chi connectivity index (χ3n) is 4.70. The summed E-state index contributed by atoms with van der Waals surface area (Å²) in [6, 6.07) is 5.84. The fraction of sp³-hybridized carbons (Fsp3) is 0.400. The Kier molecular flexibility index (Phi) is 5.88. The number of methoxy groups -OCH3 is 1. The number of hydrogen-bond donors (Lipinski definition) is 1. The molecule has 0 radical (unpaired) electrons. The number of carbonyl (C=O) groups excluding carboxylic acids is 1. The summed E-state index contributed by atoms with van der Waals surface area (Å²) < 4.78 is 7.35. The Balaban J connectivity index is 1.59. The maximum absolute atomic E-state index is 12.0. The van der Waals surface area contributed by atoms with Gasteiger partial charge in [0.05, 0.1) is 19.1 Å². The highest BCUT2D eigenvalue weighted by molar-refractivity contribution is 5.91. The monoisotopic (exact) mass is 339 g/mol. The summed E-state index contributed by atoms with van der Waals surface area (Å²) in [6.07, 6.45) is 15.1. The van der Waals surface area contributed by atoms with Crippen molar-refractivity contribution in [3.05, 3.63) is 48.6 Å². The molecule has 1 heterocycles. The molecule has 1 aliphatic rings. The highest BCUT2D eigenvalue weighted by Crippen LogP contribution is 2.25. The van der Waals surface area contributed by atoms with Crippen LogP contribution in [0, 0.1) is 5.92 Å². The molecule has 2 aromatic rings. The van der Waals surface area contributed by atoms with Crippen LogP contribution < -0.4 is 10.1 Å². The van der Waals surface area contributed by atoms with Gasteiger partial charge in [0, 0.05) is 25.0 Å². The summed E-state index contributed by atoms with van der Waals surface area (Å²) in [7, 11) is 1.64. The number of nitrogens with zero attached hydrogens (tertiary/aromatic N) is 2. The summed E-state index contributed by atoms with van der Waals surface area (Å²) in [4.78, 5) is 16.1. The van der Waals surface area contributed by atoms with E-state index in [9.17, 15) is 4.79 Å². The minimum Gasteiger partial charge on any atom is -0.495 e. The van der Waals surface area contributed by atoms with Gasteiger partial charge in [-0.25, -0.2) is 4.98 Å². The van der Waals surface area contributed by atoms with Gasteiger partial charge in [-0.15, -0.1) is 0 Å². The van der Waals surface area contributed by atoms with Crippen molar-refractivity contribution in [2.75, 3.05) is 13.7 Å². The van der Waals surface area contributed by atoms with Crippen LogP contribution in [0.1, 0.15) is 37.7 Å². The Morgan fingerprint density at radius 3 is 2.92 bits per heavy atom. The van der Waals surface area contributed by atoms with Gasteiger partial charge in [0.25, 0.3) is 0 Å². The van der Waals surface area contributed by atoms with Gasteiger partial charge >= 0.3 is 0 Å². The highest BCUT2D eigenvalue weighted by atomic mass is 16.5. The molecule has 0 spiro atoms. The SMILES string of the molecule is COc1cc(C=CC(=O)NCC2CCCCC2)ccc1-n1ccnc1. The number of ether oxygens (including phenoxy) is 1. The number of imidazole rings is 1. The van der Waals surface area contributed by atoms with Crippen molar-refractivity contribution >= 4 is 12.0 Å². The molecule has 0 unspecified atom stereocenters. The van der Waals surface area contributed by atoms with Gasteiger partial charge in [-0.1, -0.05) is 25.3 Å². The summed E-state index contributed by atoms with van der Waals surface area (Å²) in [5.74, 6) is 1.34. The fourth-order valence-corrected chi connectivity index (χ4v) is 3.28. The molecule has 1 fully saturated rings. The van der Waals surface area contributed by atoms with E-state index in [0.29, 0.717) is 5.92 Å². The van der Waals surface area contributed by atoms with Crippen molar-refractivity contribution in [3.8, 4) is 11.4 Å². The van der Waals surface area contributed by atoms with Gasteiger partial charge in [0.15, 0.2) is 0 Å². The second-order valence-corrected chi connectivity index (χ2v) is 6.48. The van der Waals surface area contributed by atoms with Crippen LogP contribution in [0.3, 0.4) is 0 Å². The molecule has 0 bridgehead atoms. The quantitative estimate of drug-likeness (QED) is 0.818. The van der Waals surface area contributed by atoms with E-state index in [1.54, 1.807) is 25.7 Å². The number of benzene rings is 1. The van der Waals surface area contributed by atoms with Crippen molar-refractivity contribution in [3.63, 3.8) is 0 Å². The second-order valence-electron chi connectivity index (χ2n) is 6.48. The zero-order chi connectivity index (χ0) is 17.5. The Bertz CT molecular complexity index is 717. The van der Waals surface area contributed by atoms with Gasteiger partial charge in [-0.05, 0) is 42.5 Å². The van der Waals surface area contributed by atoms with Crippen LogP contribution in [0.4, 0.5) is 0 Å². The molecule has 0 aliphatic heterocycles. The number of amides is 1. The Hall–Kier alpha value is -2.56. The summed E-state index contributed by atoms with van der Waals surface area (Å²) in [5, 5.41) is 3.02. The van der Waals surface area contributed by atoms with Crippen LogP contribution in [-0.2, 0) is 4.79 Å². The topological polar surface area (TPSA) is 56.1 Å². The van der Waals surface area contributed by atoms with E-state index < -0.39 is 0 Å². The van der Waals surface area contributed by atoms with Crippen LogP contribution >= 0.6 is 0 Å². The van der Waals surface area contributed by atoms with E-state index >= 15 is 0 Å². The number of rotatable bonds is 6. The predicted octanol–water partition coefficient (Wildman–Crippen LogP) is 3.59. The third-order valence-corrected chi connectivity index (χ3v) is 4.70. The van der Waals surface area contributed by atoms with Crippen molar-refractivity contribution in [1.29, 1.82) is 0 Å². The first-order valence-electron chi connectivity index (χ1n) is 8.88. The van der Waals surface area contributed by atoms with Crippen molar-refractivity contribution in [2.45, 2.75) is 32.1 Å². The molecular weight excluding hydrogens is 314 g/mol. The average molecular weight is 339 g/mol. The maximum atomic E-state index is 12.0. The molecule has 5 heteroatoms. The van der Waals surface area contributed by atoms with Gasteiger partial charge in [0.2, 0.25) is 5.91 Å². The maximum Gasteiger partial charge on any atom is 0.244 e. The van der Waals surface area contributed by atoms with E-state index in [-0.39, 0.29) is 5.91 Å². The van der Waals surface area contributed by atoms with Gasteiger partial charge in [-0.2, -0.15) is 0 Å². The molecule has 25 heavy (non-hydrogen) atoms. The smallest absolute Gasteiger partial charge is 0.244 e. The number of aromatic nitrogens is 2. The summed E-state index contributed by atoms with van der Waals surface area (Å²) in [6.45, 7) is 0.784. The molecule has 1 N–H and O–H groups in total. The first kappa shape index (κ1) is 17.3. The second kappa shape index (κ2) is 8.51. The Morgan fingerprint density at radius 2 is 2.20 bits per heavy atom. The average Bonchev–Trinajstić information content (AvgIpc) is 3.19. The molecule has 3 rings (SSSR count). The molecule has 1 saturated carbocycles. The van der Waals surface area contributed by atoms with E-state index in [0.717, 1.165) is 23.5 Å². The van der Waals surface area contributed by atoms with E-state index in [1.165, 1.54) is 32.1 Å². The largest absolute Gasteiger partial charge is 0.495 e. The lowest BCUT2D eigenvalue weighted by atomic mass is 9.89. The number of carbonyl (C=O) groups is 1. The standard InChI is InChI=1S/C20H25N3O2/c1-25-19-13-16(7-9-18(19)23-12-11-21-15-23)8-10-20(24)22-14-17-5-3-2-4-6-17/h7-13,15,17H,2-6,14H2,1H3,(H,22,24). The molecule has 0 saturated heterocycles. The molecule has 5 nitrogen and oxygen atoms in total. The van der Waals surface area contributed by atoms with Crippen LogP contribution in [0.25, 0.3) is 11.8 Å².